The summed E-state index contributed by atoms with van der Waals surface area (Å²) >= 11 is 0. The van der Waals surface area contributed by atoms with Crippen molar-refractivity contribution in [1.29, 1.82) is 0 Å². The number of aryl methyl sites for hydroxylation is 2. The number of nitrogens with zero attached hydrogens (tertiary/aromatic N) is 4. The van der Waals surface area contributed by atoms with E-state index in [0.717, 1.165) is 22.3 Å². The van der Waals surface area contributed by atoms with Crippen molar-refractivity contribution in [3.8, 4) is 0 Å². The summed E-state index contributed by atoms with van der Waals surface area (Å²) in [6, 6.07) is 3.75. The molecule has 2 aromatic rings. The Hall–Kier alpha value is -2.52. The Kier molecular flexibility index (Phi) is 6.72. The van der Waals surface area contributed by atoms with Crippen molar-refractivity contribution < 1.29 is 13.2 Å². The molecular weight excluding hydrogens is 402 g/mol. The van der Waals surface area contributed by atoms with Gasteiger partial charge in [0.05, 0.1) is 4.90 Å². The average Bonchev–Trinajstić information content (AvgIpc) is 2.73. The molecule has 0 saturated carbocycles. The summed E-state index contributed by atoms with van der Waals surface area (Å²) in [5, 5.41) is 3.02. The number of piperazine rings is 1. The fraction of sp³-hybridized carbons (Fsp3) is 0.476. The van der Waals surface area contributed by atoms with Crippen LogP contribution in [-0.2, 0) is 14.8 Å². The third-order valence-corrected chi connectivity index (χ3v) is 7.85. The van der Waals surface area contributed by atoms with Gasteiger partial charge in [0.2, 0.25) is 21.9 Å². The van der Waals surface area contributed by atoms with E-state index in [1.165, 1.54) is 4.31 Å². The minimum atomic E-state index is -3.60. The molecule has 1 N–H and O–H groups in total. The number of hydrogen-bond acceptors (Lipinski definition) is 6. The van der Waals surface area contributed by atoms with Crippen LogP contribution in [0.4, 0.5) is 5.95 Å². The maximum absolute atomic E-state index is 13.3. The topological polar surface area (TPSA) is 95.5 Å². The minimum absolute atomic E-state index is 0.00533. The molecule has 0 spiro atoms. The van der Waals surface area contributed by atoms with Gasteiger partial charge in [-0.1, -0.05) is 6.07 Å². The minimum Gasteiger partial charge on any atom is -0.354 e. The largest absolute Gasteiger partial charge is 0.354 e. The number of aromatic nitrogens is 2. The molecule has 9 heteroatoms. The van der Waals surface area contributed by atoms with Gasteiger partial charge in [0.15, 0.2) is 0 Å². The Morgan fingerprint density at radius 3 is 2.13 bits per heavy atom. The first-order valence-electron chi connectivity index (χ1n) is 10.1. The van der Waals surface area contributed by atoms with Crippen LogP contribution in [0.2, 0.25) is 0 Å². The van der Waals surface area contributed by atoms with Crippen LogP contribution in [0.15, 0.2) is 29.4 Å². The normalized spacial score (nSPS) is 15.3. The second-order valence-electron chi connectivity index (χ2n) is 7.62. The summed E-state index contributed by atoms with van der Waals surface area (Å²) in [6.07, 6.45) is 3.58. The van der Waals surface area contributed by atoms with E-state index < -0.39 is 10.0 Å². The van der Waals surface area contributed by atoms with Crippen LogP contribution in [0.3, 0.4) is 0 Å². The number of anilines is 1. The Bertz CT molecular complexity index is 990. The molecule has 2 heterocycles. The van der Waals surface area contributed by atoms with E-state index in [-0.39, 0.29) is 5.91 Å². The summed E-state index contributed by atoms with van der Waals surface area (Å²) in [5.41, 5.74) is 3.54. The molecule has 0 radical (unpaired) electrons. The third kappa shape index (κ3) is 4.62. The molecule has 1 aromatic carbocycles. The van der Waals surface area contributed by atoms with E-state index in [1.54, 1.807) is 23.4 Å². The summed E-state index contributed by atoms with van der Waals surface area (Å²) in [7, 11) is -3.60. The number of benzene rings is 1. The predicted octanol–water partition coefficient (Wildman–Crippen LogP) is 2.05. The molecule has 1 aliphatic heterocycles. The fourth-order valence-electron chi connectivity index (χ4n) is 3.70. The number of nitrogens with one attached hydrogen (secondary N) is 1. The van der Waals surface area contributed by atoms with Crippen LogP contribution in [0.25, 0.3) is 0 Å². The number of hydrogen-bond donors (Lipinski definition) is 1. The van der Waals surface area contributed by atoms with Crippen LogP contribution in [-0.4, -0.2) is 66.2 Å². The summed E-state index contributed by atoms with van der Waals surface area (Å²) in [4.78, 5) is 22.7. The Balaban J connectivity index is 1.60. The SMILES string of the molecule is Cc1cc(C)c(C)c(S(=O)(=O)N2CCN(C(=O)CCNc3ncccn3)CC2)c1C. The highest BCUT2D eigenvalue weighted by atomic mass is 32.2. The van der Waals surface area contributed by atoms with Gasteiger partial charge in [-0.15, -0.1) is 0 Å². The quantitative estimate of drug-likeness (QED) is 0.752. The smallest absolute Gasteiger partial charge is 0.243 e. The highest BCUT2D eigenvalue weighted by molar-refractivity contribution is 7.89. The van der Waals surface area contributed by atoms with Crippen LogP contribution in [0.5, 0.6) is 0 Å². The summed E-state index contributed by atoms with van der Waals surface area (Å²) in [5.74, 6) is 0.481. The van der Waals surface area contributed by atoms with E-state index in [1.807, 2.05) is 33.8 Å². The van der Waals surface area contributed by atoms with Gasteiger partial charge in [-0.05, 0) is 56.0 Å². The molecule has 0 bridgehead atoms. The molecule has 1 amide bonds. The lowest BCUT2D eigenvalue weighted by Crippen LogP contribution is -2.50. The number of rotatable bonds is 6. The lowest BCUT2D eigenvalue weighted by molar-refractivity contribution is -0.132. The van der Waals surface area contributed by atoms with Crippen LogP contribution in [0.1, 0.15) is 28.7 Å². The number of amides is 1. The maximum atomic E-state index is 13.3. The molecule has 1 aliphatic rings. The van der Waals surface area contributed by atoms with E-state index in [0.29, 0.717) is 50.0 Å². The van der Waals surface area contributed by atoms with Gasteiger partial charge in [0.25, 0.3) is 0 Å². The second-order valence-corrected chi connectivity index (χ2v) is 9.50. The first kappa shape index (κ1) is 22.2. The zero-order chi connectivity index (χ0) is 21.9. The van der Waals surface area contributed by atoms with Gasteiger partial charge in [0.1, 0.15) is 0 Å². The first-order chi connectivity index (χ1) is 14.2. The van der Waals surface area contributed by atoms with Crippen molar-refractivity contribution in [3.63, 3.8) is 0 Å². The van der Waals surface area contributed by atoms with Crippen LogP contribution in [0, 0.1) is 27.7 Å². The van der Waals surface area contributed by atoms with Crippen molar-refractivity contribution in [3.05, 3.63) is 46.8 Å². The highest BCUT2D eigenvalue weighted by Crippen LogP contribution is 2.29. The standard InChI is InChI=1S/C21H29N5O3S/c1-15-14-16(2)18(4)20(17(15)3)30(28,29)26-12-10-25(11-13-26)19(27)6-9-24-21-22-7-5-8-23-21/h5,7-8,14H,6,9-13H2,1-4H3,(H,22,23,24). The molecule has 1 aromatic heterocycles. The molecule has 162 valence electrons. The Labute approximate surface area is 178 Å². The molecule has 1 fully saturated rings. The maximum Gasteiger partial charge on any atom is 0.243 e. The van der Waals surface area contributed by atoms with E-state index in [9.17, 15) is 13.2 Å². The number of carbonyl (C=O) groups excluding carboxylic acids is 1. The predicted molar refractivity (Wildman–Crippen MR) is 116 cm³/mol. The van der Waals surface area contributed by atoms with Gasteiger partial charge in [-0.25, -0.2) is 18.4 Å². The zero-order valence-corrected chi connectivity index (χ0v) is 18.8. The molecule has 0 atom stereocenters. The zero-order valence-electron chi connectivity index (χ0n) is 18.0. The van der Waals surface area contributed by atoms with Gasteiger partial charge >= 0.3 is 0 Å². The molecule has 1 saturated heterocycles. The highest BCUT2D eigenvalue weighted by Gasteiger charge is 2.32. The van der Waals surface area contributed by atoms with Gasteiger partial charge in [-0.3, -0.25) is 4.79 Å². The Morgan fingerprint density at radius 2 is 1.57 bits per heavy atom. The summed E-state index contributed by atoms with van der Waals surface area (Å²) < 4.78 is 28.2. The number of carbonyl (C=O) groups is 1. The van der Waals surface area contributed by atoms with Crippen molar-refractivity contribution in [2.75, 3.05) is 38.0 Å². The van der Waals surface area contributed by atoms with Crippen molar-refractivity contribution in [1.82, 2.24) is 19.2 Å². The van der Waals surface area contributed by atoms with Crippen LogP contribution >= 0.6 is 0 Å². The van der Waals surface area contributed by atoms with Gasteiger partial charge in [0, 0.05) is 51.5 Å². The van der Waals surface area contributed by atoms with Crippen molar-refractivity contribution in [2.45, 2.75) is 39.0 Å². The van der Waals surface area contributed by atoms with E-state index in [2.05, 4.69) is 15.3 Å². The third-order valence-electron chi connectivity index (χ3n) is 5.67. The molecule has 0 aliphatic carbocycles. The van der Waals surface area contributed by atoms with Crippen LogP contribution < -0.4 is 5.32 Å². The Morgan fingerprint density at radius 1 is 1.00 bits per heavy atom. The molecule has 3 rings (SSSR count). The average molecular weight is 432 g/mol. The fourth-order valence-corrected chi connectivity index (χ4v) is 5.70. The molecular formula is C21H29N5O3S. The number of sulfonamides is 1. The summed E-state index contributed by atoms with van der Waals surface area (Å²) in [6.45, 7) is 9.41. The molecule has 30 heavy (non-hydrogen) atoms. The van der Waals surface area contributed by atoms with E-state index in [4.69, 9.17) is 0 Å². The molecule has 0 unspecified atom stereocenters. The van der Waals surface area contributed by atoms with E-state index >= 15 is 0 Å². The molecule has 8 nitrogen and oxygen atoms in total. The van der Waals surface area contributed by atoms with Gasteiger partial charge in [-0.2, -0.15) is 4.31 Å². The lowest BCUT2D eigenvalue weighted by atomic mass is 10.0. The van der Waals surface area contributed by atoms with Crippen molar-refractivity contribution in [2.24, 2.45) is 0 Å². The second kappa shape index (κ2) is 9.09. The monoisotopic (exact) mass is 431 g/mol. The van der Waals surface area contributed by atoms with Gasteiger partial charge < -0.3 is 10.2 Å². The lowest BCUT2D eigenvalue weighted by Gasteiger charge is -2.35. The van der Waals surface area contributed by atoms with Crippen molar-refractivity contribution >= 4 is 21.9 Å². The first-order valence-corrected chi connectivity index (χ1v) is 11.5.